The fourth-order valence-electron chi connectivity index (χ4n) is 2.85. The van der Waals surface area contributed by atoms with Crippen molar-refractivity contribution < 1.29 is 0 Å². The van der Waals surface area contributed by atoms with Crippen LogP contribution in [0.3, 0.4) is 0 Å². The third kappa shape index (κ3) is 4.05. The summed E-state index contributed by atoms with van der Waals surface area (Å²) in [5.41, 5.74) is 6.00. The van der Waals surface area contributed by atoms with E-state index in [4.69, 9.17) is 0 Å². The Labute approximate surface area is 137 Å². The van der Waals surface area contributed by atoms with E-state index in [-0.39, 0.29) is 0 Å². The Bertz CT molecular complexity index is 446. The number of nitrogens with zero attached hydrogens (tertiary/aromatic N) is 2. The van der Waals surface area contributed by atoms with Gasteiger partial charge in [0.15, 0.2) is 0 Å². The predicted octanol–water partition coefficient (Wildman–Crippen LogP) is 4.23. The summed E-state index contributed by atoms with van der Waals surface area (Å²) in [5.74, 6) is 0. The third-order valence-corrected chi connectivity index (χ3v) is 6.25. The monoisotopic (exact) mass is 302 g/mol. The molecule has 0 aliphatic heterocycles. The van der Waals surface area contributed by atoms with Crippen LogP contribution in [0.1, 0.15) is 64.3 Å². The molecular formula is C18H31AlN2. The van der Waals surface area contributed by atoms with Gasteiger partial charge in [-0.25, -0.2) is 0 Å². The van der Waals surface area contributed by atoms with Crippen molar-refractivity contribution in [3.63, 3.8) is 0 Å². The Kier molecular flexibility index (Phi) is 7.93. The lowest BCUT2D eigenvalue weighted by Crippen LogP contribution is -2.24. The molecule has 0 unspecified atom stereocenters. The van der Waals surface area contributed by atoms with Gasteiger partial charge in [-0.2, -0.15) is 0 Å². The van der Waals surface area contributed by atoms with Crippen LogP contribution in [0, 0.1) is 0 Å². The highest BCUT2D eigenvalue weighted by atomic mass is 27.1. The van der Waals surface area contributed by atoms with Crippen molar-refractivity contribution in [2.24, 2.45) is 0 Å². The molecule has 0 aromatic carbocycles. The second-order valence-corrected chi connectivity index (χ2v) is 6.59. The lowest BCUT2D eigenvalue weighted by Gasteiger charge is -2.16. The van der Waals surface area contributed by atoms with Gasteiger partial charge in [0.05, 0.1) is 0 Å². The van der Waals surface area contributed by atoms with Crippen molar-refractivity contribution >= 4 is 15.7 Å². The molecule has 0 aliphatic rings. The summed E-state index contributed by atoms with van der Waals surface area (Å²) >= 11 is -0.476. The van der Waals surface area contributed by atoms with Crippen LogP contribution in [0.15, 0.2) is 24.3 Å². The van der Waals surface area contributed by atoms with Gasteiger partial charge >= 0.3 is 15.7 Å². The smallest absolute Gasteiger partial charge is 0.425 e. The van der Waals surface area contributed by atoms with Gasteiger partial charge in [-0.05, 0) is 72.7 Å². The highest BCUT2D eigenvalue weighted by molar-refractivity contribution is 6.32. The van der Waals surface area contributed by atoms with Gasteiger partial charge in [0.1, 0.15) is 0 Å². The first-order valence-corrected chi connectivity index (χ1v) is 9.86. The van der Waals surface area contributed by atoms with Gasteiger partial charge in [0, 0.05) is 0 Å². The maximum Gasteiger partial charge on any atom is 0.557 e. The SMILES string of the molecule is CC.CCc1ccc(CC)[n]1[AlH][n]1c(CC)ccc1CC. The molecule has 0 amide bonds. The van der Waals surface area contributed by atoms with Crippen molar-refractivity contribution in [3.8, 4) is 0 Å². The zero-order chi connectivity index (χ0) is 15.8. The van der Waals surface area contributed by atoms with E-state index in [9.17, 15) is 0 Å². The molecule has 0 aliphatic carbocycles. The van der Waals surface area contributed by atoms with Gasteiger partial charge in [-0.1, -0.05) is 41.5 Å². The minimum Gasteiger partial charge on any atom is -0.425 e. The molecule has 0 saturated heterocycles. The summed E-state index contributed by atoms with van der Waals surface area (Å²) in [6.07, 6.45) is 4.54. The molecule has 0 spiro atoms. The van der Waals surface area contributed by atoms with Crippen molar-refractivity contribution in [2.75, 3.05) is 0 Å². The van der Waals surface area contributed by atoms with Gasteiger partial charge in [-0.15, -0.1) is 0 Å². The first kappa shape index (κ1) is 18.1. The molecule has 2 aromatic heterocycles. The largest absolute Gasteiger partial charge is 0.557 e. The molecular weight excluding hydrogens is 271 g/mol. The summed E-state index contributed by atoms with van der Waals surface area (Å²) in [6, 6.07) is 9.25. The predicted molar refractivity (Wildman–Crippen MR) is 95.7 cm³/mol. The molecule has 116 valence electrons. The van der Waals surface area contributed by atoms with E-state index in [1.807, 2.05) is 13.8 Å². The number of hydrogen-bond donors (Lipinski definition) is 0. The molecule has 0 radical (unpaired) electrons. The van der Waals surface area contributed by atoms with Crippen LogP contribution in [0.5, 0.6) is 0 Å². The lowest BCUT2D eigenvalue weighted by atomic mass is 10.3. The standard InChI is InChI=1S/2C8H12N.C2H6.Al.H/c2*1-3-7-5-6-8(4-2)9-7;1-2;;/h2*5-6H,3-4H2,1-2H3;1-2H3;;/q2*-1;;+2;. The zero-order valence-electron chi connectivity index (χ0n) is 14.7. The quantitative estimate of drug-likeness (QED) is 0.707. The minimum atomic E-state index is -0.476. The van der Waals surface area contributed by atoms with Crippen LogP contribution in [0.4, 0.5) is 0 Å². The van der Waals surface area contributed by atoms with E-state index in [1.165, 1.54) is 22.8 Å². The van der Waals surface area contributed by atoms with Crippen LogP contribution in [-0.2, 0) is 25.7 Å². The van der Waals surface area contributed by atoms with E-state index in [1.54, 1.807) is 0 Å². The number of aryl methyl sites for hydroxylation is 4. The maximum atomic E-state index is 2.62. The summed E-state index contributed by atoms with van der Waals surface area (Å²) in [5, 5.41) is 0. The Balaban J connectivity index is 0.00000106. The fourth-order valence-corrected chi connectivity index (χ4v) is 5.18. The molecule has 3 heteroatoms. The van der Waals surface area contributed by atoms with Gasteiger partial charge in [-0.3, -0.25) is 0 Å². The van der Waals surface area contributed by atoms with Crippen molar-refractivity contribution in [2.45, 2.75) is 67.2 Å². The Morgan fingerprint density at radius 2 is 0.857 bits per heavy atom. The molecule has 0 N–H and O–H groups in total. The first-order chi connectivity index (χ1) is 10.2. The first-order valence-electron chi connectivity index (χ1n) is 8.59. The van der Waals surface area contributed by atoms with Crippen molar-refractivity contribution in [1.29, 1.82) is 0 Å². The van der Waals surface area contributed by atoms with Crippen molar-refractivity contribution in [1.82, 2.24) is 7.10 Å². The van der Waals surface area contributed by atoms with E-state index >= 15 is 0 Å². The van der Waals surface area contributed by atoms with E-state index < -0.39 is 15.7 Å². The summed E-state index contributed by atoms with van der Waals surface area (Å²) in [7, 11) is 0. The molecule has 21 heavy (non-hydrogen) atoms. The average Bonchev–Trinajstić information content (AvgIpc) is 3.12. The van der Waals surface area contributed by atoms with Crippen LogP contribution in [0.25, 0.3) is 0 Å². The average molecular weight is 302 g/mol. The summed E-state index contributed by atoms with van der Waals surface area (Å²) in [4.78, 5) is 0. The molecule has 2 heterocycles. The van der Waals surface area contributed by atoms with Gasteiger partial charge in [0.2, 0.25) is 0 Å². The second-order valence-electron chi connectivity index (χ2n) is 5.04. The number of rotatable bonds is 6. The van der Waals surface area contributed by atoms with Crippen LogP contribution >= 0.6 is 0 Å². The third-order valence-electron chi connectivity index (χ3n) is 4.05. The zero-order valence-corrected chi connectivity index (χ0v) is 16.2. The highest BCUT2D eigenvalue weighted by Crippen LogP contribution is 2.14. The summed E-state index contributed by atoms with van der Waals surface area (Å²) in [6.45, 7) is 13.0. The highest BCUT2D eigenvalue weighted by Gasteiger charge is 2.14. The Morgan fingerprint density at radius 3 is 1.05 bits per heavy atom. The normalized spacial score (nSPS) is 10.2. The Hall–Kier alpha value is -0.908. The minimum absolute atomic E-state index is 0.476. The number of aromatic nitrogens is 2. The second kappa shape index (κ2) is 9.18. The van der Waals surface area contributed by atoms with Crippen LogP contribution in [-0.4, -0.2) is 22.8 Å². The van der Waals surface area contributed by atoms with E-state index in [0.29, 0.717) is 0 Å². The summed E-state index contributed by atoms with van der Waals surface area (Å²) < 4.78 is 5.25. The maximum absolute atomic E-state index is 2.62. The van der Waals surface area contributed by atoms with E-state index in [0.717, 1.165) is 25.7 Å². The van der Waals surface area contributed by atoms with Crippen LogP contribution < -0.4 is 0 Å². The molecule has 0 bridgehead atoms. The fraction of sp³-hybridized carbons (Fsp3) is 0.556. The van der Waals surface area contributed by atoms with Crippen molar-refractivity contribution in [3.05, 3.63) is 47.0 Å². The van der Waals surface area contributed by atoms with Gasteiger partial charge < -0.3 is 7.10 Å². The van der Waals surface area contributed by atoms with E-state index in [2.05, 4.69) is 59.1 Å². The molecule has 0 saturated carbocycles. The molecule has 2 aromatic rings. The molecule has 0 atom stereocenters. The Morgan fingerprint density at radius 1 is 0.619 bits per heavy atom. The molecule has 2 nitrogen and oxygen atoms in total. The molecule has 0 fully saturated rings. The van der Waals surface area contributed by atoms with Crippen LogP contribution in [0.2, 0.25) is 0 Å². The lowest BCUT2D eigenvalue weighted by molar-refractivity contribution is 0.870. The topological polar surface area (TPSA) is 9.86 Å². The van der Waals surface area contributed by atoms with Gasteiger partial charge in [0.25, 0.3) is 0 Å². The molecule has 2 rings (SSSR count). The number of hydrogen-bond acceptors (Lipinski definition) is 0.